The van der Waals surface area contributed by atoms with E-state index in [1.54, 1.807) is 6.33 Å². The molecule has 0 aliphatic carbocycles. The van der Waals surface area contributed by atoms with Gasteiger partial charge in [-0.15, -0.1) is 0 Å². The van der Waals surface area contributed by atoms with Gasteiger partial charge >= 0.3 is 0 Å². The van der Waals surface area contributed by atoms with Gasteiger partial charge in [0.2, 0.25) is 0 Å². The molecule has 4 nitrogen and oxygen atoms in total. The molecular formula is C14H26N4S. The first-order valence-electron chi connectivity index (χ1n) is 6.90. The molecule has 19 heavy (non-hydrogen) atoms. The highest BCUT2D eigenvalue weighted by Crippen LogP contribution is 2.25. The SMILES string of the molecule is CCCc1c(NCC)ncnc1NCC(C)(C)SC. The molecule has 5 heteroatoms. The van der Waals surface area contributed by atoms with E-state index in [1.165, 1.54) is 5.56 Å². The fourth-order valence-corrected chi connectivity index (χ4v) is 1.96. The van der Waals surface area contributed by atoms with Crippen molar-refractivity contribution in [3.63, 3.8) is 0 Å². The Bertz CT molecular complexity index is 393. The Kier molecular flexibility index (Phi) is 6.42. The van der Waals surface area contributed by atoms with Gasteiger partial charge in [0.25, 0.3) is 0 Å². The molecule has 0 aliphatic heterocycles. The molecule has 0 saturated heterocycles. The molecular weight excluding hydrogens is 256 g/mol. The molecule has 0 aromatic carbocycles. The maximum Gasteiger partial charge on any atom is 0.134 e. The molecule has 0 aliphatic rings. The zero-order valence-corrected chi connectivity index (χ0v) is 13.5. The average molecular weight is 282 g/mol. The smallest absolute Gasteiger partial charge is 0.134 e. The summed E-state index contributed by atoms with van der Waals surface area (Å²) in [4.78, 5) is 8.75. The largest absolute Gasteiger partial charge is 0.370 e. The molecule has 0 bridgehead atoms. The second-order valence-electron chi connectivity index (χ2n) is 5.15. The van der Waals surface area contributed by atoms with Gasteiger partial charge in [0.15, 0.2) is 0 Å². The zero-order chi connectivity index (χ0) is 14.3. The predicted molar refractivity (Wildman–Crippen MR) is 86.3 cm³/mol. The van der Waals surface area contributed by atoms with E-state index in [-0.39, 0.29) is 4.75 Å². The molecule has 1 heterocycles. The van der Waals surface area contributed by atoms with E-state index in [2.05, 4.69) is 54.6 Å². The van der Waals surface area contributed by atoms with E-state index < -0.39 is 0 Å². The summed E-state index contributed by atoms with van der Waals surface area (Å²) in [5.41, 5.74) is 1.20. The van der Waals surface area contributed by atoms with Gasteiger partial charge in [0, 0.05) is 23.4 Å². The summed E-state index contributed by atoms with van der Waals surface area (Å²) in [7, 11) is 0. The first-order valence-corrected chi connectivity index (χ1v) is 8.13. The van der Waals surface area contributed by atoms with Crippen molar-refractivity contribution in [2.45, 2.75) is 45.3 Å². The minimum atomic E-state index is 0.201. The summed E-state index contributed by atoms with van der Waals surface area (Å²) >= 11 is 1.86. The lowest BCUT2D eigenvalue weighted by Crippen LogP contribution is -2.27. The van der Waals surface area contributed by atoms with E-state index in [9.17, 15) is 0 Å². The Morgan fingerprint density at radius 3 is 2.32 bits per heavy atom. The minimum absolute atomic E-state index is 0.201. The normalized spacial score (nSPS) is 11.4. The van der Waals surface area contributed by atoms with Gasteiger partial charge in [-0.05, 0) is 33.4 Å². The maximum atomic E-state index is 4.41. The van der Waals surface area contributed by atoms with Crippen LogP contribution in [0.5, 0.6) is 0 Å². The topological polar surface area (TPSA) is 49.8 Å². The van der Waals surface area contributed by atoms with Crippen molar-refractivity contribution in [2.24, 2.45) is 0 Å². The molecule has 0 unspecified atom stereocenters. The van der Waals surface area contributed by atoms with Crippen molar-refractivity contribution in [3.8, 4) is 0 Å². The lowest BCUT2D eigenvalue weighted by molar-refractivity contribution is 0.747. The number of thioether (sulfide) groups is 1. The van der Waals surface area contributed by atoms with E-state index in [0.717, 1.165) is 37.6 Å². The molecule has 108 valence electrons. The predicted octanol–water partition coefficient (Wildman–Crippen LogP) is 3.41. The van der Waals surface area contributed by atoms with Crippen molar-refractivity contribution in [3.05, 3.63) is 11.9 Å². The highest BCUT2D eigenvalue weighted by atomic mass is 32.2. The third-order valence-electron chi connectivity index (χ3n) is 3.02. The van der Waals surface area contributed by atoms with Crippen LogP contribution in [0.3, 0.4) is 0 Å². The maximum absolute atomic E-state index is 4.41. The van der Waals surface area contributed by atoms with Gasteiger partial charge in [-0.1, -0.05) is 13.3 Å². The number of nitrogens with zero attached hydrogens (tertiary/aromatic N) is 2. The van der Waals surface area contributed by atoms with Gasteiger partial charge < -0.3 is 10.6 Å². The molecule has 0 radical (unpaired) electrons. The number of rotatable bonds is 8. The van der Waals surface area contributed by atoms with Gasteiger partial charge in [0.1, 0.15) is 18.0 Å². The zero-order valence-electron chi connectivity index (χ0n) is 12.7. The summed E-state index contributed by atoms with van der Waals surface area (Å²) in [6, 6.07) is 0. The van der Waals surface area contributed by atoms with Crippen molar-refractivity contribution in [2.75, 3.05) is 30.0 Å². The Morgan fingerprint density at radius 1 is 1.16 bits per heavy atom. The summed E-state index contributed by atoms with van der Waals surface area (Å²) < 4.78 is 0.201. The Labute approximate surface area is 121 Å². The average Bonchev–Trinajstić information content (AvgIpc) is 2.40. The van der Waals surface area contributed by atoms with E-state index >= 15 is 0 Å². The van der Waals surface area contributed by atoms with Gasteiger partial charge in [0.05, 0.1) is 0 Å². The lowest BCUT2D eigenvalue weighted by Gasteiger charge is -2.24. The van der Waals surface area contributed by atoms with Crippen LogP contribution in [-0.2, 0) is 6.42 Å². The molecule has 2 N–H and O–H groups in total. The van der Waals surface area contributed by atoms with Crippen LogP contribution in [0.2, 0.25) is 0 Å². The third kappa shape index (κ3) is 4.90. The van der Waals surface area contributed by atoms with Crippen LogP contribution in [0.25, 0.3) is 0 Å². The van der Waals surface area contributed by atoms with Crippen molar-refractivity contribution in [1.29, 1.82) is 0 Å². The Hall–Kier alpha value is -0.970. The quantitative estimate of drug-likeness (QED) is 0.765. The molecule has 0 atom stereocenters. The molecule has 0 fully saturated rings. The van der Waals surface area contributed by atoms with Crippen LogP contribution in [0.1, 0.15) is 39.7 Å². The highest BCUT2D eigenvalue weighted by molar-refractivity contribution is 7.99. The second-order valence-corrected chi connectivity index (χ2v) is 6.66. The molecule has 0 saturated carbocycles. The van der Waals surface area contributed by atoms with Crippen LogP contribution in [0.4, 0.5) is 11.6 Å². The van der Waals surface area contributed by atoms with Crippen LogP contribution >= 0.6 is 11.8 Å². The summed E-state index contributed by atoms with van der Waals surface area (Å²) in [5, 5.41) is 6.79. The monoisotopic (exact) mass is 282 g/mol. The van der Waals surface area contributed by atoms with Gasteiger partial charge in [-0.3, -0.25) is 0 Å². The van der Waals surface area contributed by atoms with E-state index in [4.69, 9.17) is 0 Å². The fourth-order valence-electron chi connectivity index (χ4n) is 1.74. The molecule has 1 aromatic rings. The molecule has 1 rings (SSSR count). The minimum Gasteiger partial charge on any atom is -0.370 e. The van der Waals surface area contributed by atoms with Crippen molar-refractivity contribution >= 4 is 23.4 Å². The highest BCUT2D eigenvalue weighted by Gasteiger charge is 2.17. The fraction of sp³-hybridized carbons (Fsp3) is 0.714. The summed E-state index contributed by atoms with van der Waals surface area (Å²) in [6.07, 6.45) is 5.85. The summed E-state index contributed by atoms with van der Waals surface area (Å²) in [6.45, 7) is 10.5. The number of nitrogens with one attached hydrogen (secondary N) is 2. The third-order valence-corrected chi connectivity index (χ3v) is 4.27. The van der Waals surface area contributed by atoms with Crippen LogP contribution < -0.4 is 10.6 Å². The molecule has 0 spiro atoms. The van der Waals surface area contributed by atoms with Crippen LogP contribution in [-0.4, -0.2) is 34.1 Å². The number of aromatic nitrogens is 2. The first kappa shape index (κ1) is 16.1. The molecule has 1 aromatic heterocycles. The molecule has 0 amide bonds. The number of anilines is 2. The Balaban J connectivity index is 2.89. The second kappa shape index (κ2) is 7.58. The standard InChI is InChI=1S/C14H26N4S/c1-6-8-11-12(15-7-2)17-10-18-13(11)16-9-14(3,4)19-5/h10H,6-9H2,1-5H3,(H2,15,16,17,18). The van der Waals surface area contributed by atoms with Gasteiger partial charge in [-0.25, -0.2) is 9.97 Å². The van der Waals surface area contributed by atoms with Gasteiger partial charge in [-0.2, -0.15) is 11.8 Å². The van der Waals surface area contributed by atoms with Crippen molar-refractivity contribution in [1.82, 2.24) is 9.97 Å². The van der Waals surface area contributed by atoms with E-state index in [0.29, 0.717) is 0 Å². The number of hydrogen-bond acceptors (Lipinski definition) is 5. The lowest BCUT2D eigenvalue weighted by atomic mass is 10.1. The summed E-state index contributed by atoms with van der Waals surface area (Å²) in [5.74, 6) is 1.93. The first-order chi connectivity index (χ1) is 9.04. The Morgan fingerprint density at radius 2 is 1.79 bits per heavy atom. The van der Waals surface area contributed by atoms with Crippen LogP contribution in [0.15, 0.2) is 6.33 Å². The van der Waals surface area contributed by atoms with Crippen LogP contribution in [0, 0.1) is 0 Å². The van der Waals surface area contributed by atoms with E-state index in [1.807, 2.05) is 11.8 Å². The van der Waals surface area contributed by atoms with Crippen molar-refractivity contribution < 1.29 is 0 Å². The number of hydrogen-bond donors (Lipinski definition) is 2.